The molecule has 0 spiro atoms. The van der Waals surface area contributed by atoms with Crippen LogP contribution in [0.2, 0.25) is 0 Å². The van der Waals surface area contributed by atoms with Crippen LogP contribution in [0.4, 0.5) is 0 Å². The molecular weight excluding hydrogens is 757 g/mol. The molecule has 6 heteroatoms. The summed E-state index contributed by atoms with van der Waals surface area (Å²) in [5.74, 6) is 2.85. The minimum Gasteiger partial charge on any atom is -0.309 e. The van der Waals surface area contributed by atoms with E-state index >= 15 is 0 Å². The number of fused-ring (bicyclic) bond motifs is 5. The molecule has 6 nitrogen and oxygen atoms in total. The fourth-order valence-corrected chi connectivity index (χ4v) is 9.53. The van der Waals surface area contributed by atoms with Crippen LogP contribution < -0.4 is 0 Å². The van der Waals surface area contributed by atoms with Gasteiger partial charge >= 0.3 is 0 Å². The second-order valence-electron chi connectivity index (χ2n) is 15.9. The van der Waals surface area contributed by atoms with Gasteiger partial charge in [0, 0.05) is 55.5 Å². The van der Waals surface area contributed by atoms with Crippen LogP contribution in [-0.2, 0) is 0 Å². The highest BCUT2D eigenvalue weighted by Crippen LogP contribution is 2.45. The molecule has 0 N–H and O–H groups in total. The monoisotopic (exact) mass is 790 g/mol. The lowest BCUT2D eigenvalue weighted by molar-refractivity contribution is 1.07. The fourth-order valence-electron chi connectivity index (χ4n) is 9.53. The fraction of sp³-hybridized carbons (Fsp3) is 0. The Labute approximate surface area is 356 Å². The molecule has 4 heterocycles. The van der Waals surface area contributed by atoms with E-state index in [4.69, 9.17) is 19.9 Å². The van der Waals surface area contributed by atoms with E-state index in [1.807, 2.05) is 72.9 Å². The normalized spacial score (nSPS) is 11.9. The first-order chi connectivity index (χ1) is 30.7. The highest BCUT2D eigenvalue weighted by atomic mass is 15.1. The maximum absolute atomic E-state index is 4.99. The molecule has 0 atom stereocenters. The minimum absolute atomic E-state index is 0.639. The Kier molecular flexibility index (Phi) is 7.50. The van der Waals surface area contributed by atoms with Crippen molar-refractivity contribution in [3.8, 4) is 56.8 Å². The molecule has 62 heavy (non-hydrogen) atoms. The Morgan fingerprint density at radius 3 is 1.74 bits per heavy atom. The Hall–Kier alpha value is -8.48. The van der Waals surface area contributed by atoms with Crippen molar-refractivity contribution in [2.45, 2.75) is 0 Å². The van der Waals surface area contributed by atoms with E-state index in [2.05, 4.69) is 143 Å². The first kappa shape index (κ1) is 34.4. The van der Waals surface area contributed by atoms with Crippen molar-refractivity contribution >= 4 is 65.2 Å². The molecule has 0 aliphatic heterocycles. The number of aromatic nitrogens is 6. The van der Waals surface area contributed by atoms with Crippen molar-refractivity contribution in [2.75, 3.05) is 0 Å². The standard InChI is InChI=1S/C56H34N6/c1-3-13-36(14-4-1)54-58-55(37-15-5-2-6-16-37)60-56(59-54)42-19-11-18-38(32-42)39-24-25-41-33-43(28-26-40(41)31-39)61-48-22-12-17-35-27-29-45-52(51(35)48)49(61)34-46-44-20-7-8-21-47(44)62(53(45)46)50-23-9-10-30-57-50/h1-34H. The summed E-state index contributed by atoms with van der Waals surface area (Å²) in [6.45, 7) is 0. The maximum Gasteiger partial charge on any atom is 0.164 e. The van der Waals surface area contributed by atoms with Gasteiger partial charge in [-0.15, -0.1) is 0 Å². The molecular formula is C56H34N6. The molecule has 0 bridgehead atoms. The summed E-state index contributed by atoms with van der Waals surface area (Å²) in [5, 5.41) is 9.76. The van der Waals surface area contributed by atoms with Crippen molar-refractivity contribution in [3.05, 3.63) is 206 Å². The molecule has 288 valence electrons. The number of para-hydroxylation sites is 1. The summed E-state index contributed by atoms with van der Waals surface area (Å²) < 4.78 is 4.79. The Morgan fingerprint density at radius 2 is 0.952 bits per heavy atom. The van der Waals surface area contributed by atoms with Gasteiger partial charge in [0.15, 0.2) is 17.5 Å². The molecule has 0 fully saturated rings. The first-order valence-electron chi connectivity index (χ1n) is 20.9. The van der Waals surface area contributed by atoms with Crippen LogP contribution in [0, 0.1) is 0 Å². The highest BCUT2D eigenvalue weighted by Gasteiger charge is 2.23. The average Bonchev–Trinajstić information content (AvgIpc) is 3.87. The molecule has 13 rings (SSSR count). The van der Waals surface area contributed by atoms with E-state index in [0.717, 1.165) is 44.8 Å². The van der Waals surface area contributed by atoms with Gasteiger partial charge in [-0.2, -0.15) is 0 Å². The number of nitrogens with zero attached hydrogens (tertiary/aromatic N) is 6. The van der Waals surface area contributed by atoms with Gasteiger partial charge < -0.3 is 4.57 Å². The predicted molar refractivity (Wildman–Crippen MR) is 254 cm³/mol. The Bertz CT molecular complexity index is 3790. The van der Waals surface area contributed by atoms with Gasteiger partial charge in [0.2, 0.25) is 0 Å². The van der Waals surface area contributed by atoms with E-state index < -0.39 is 0 Å². The van der Waals surface area contributed by atoms with Crippen LogP contribution in [0.15, 0.2) is 206 Å². The number of hydrogen-bond acceptors (Lipinski definition) is 4. The zero-order valence-electron chi connectivity index (χ0n) is 33.3. The lowest BCUT2D eigenvalue weighted by Gasteiger charge is -2.12. The van der Waals surface area contributed by atoms with E-state index in [-0.39, 0.29) is 0 Å². The summed E-state index contributed by atoms with van der Waals surface area (Å²) in [6.07, 6.45) is 1.88. The summed E-state index contributed by atoms with van der Waals surface area (Å²) in [4.78, 5) is 19.7. The van der Waals surface area contributed by atoms with Gasteiger partial charge in [-0.05, 0) is 81.9 Å². The van der Waals surface area contributed by atoms with Gasteiger partial charge in [0.25, 0.3) is 0 Å². The van der Waals surface area contributed by atoms with Gasteiger partial charge in [0.1, 0.15) is 5.82 Å². The summed E-state index contributed by atoms with van der Waals surface area (Å²) in [7, 11) is 0. The van der Waals surface area contributed by atoms with Crippen molar-refractivity contribution in [1.82, 2.24) is 29.1 Å². The molecule has 0 amide bonds. The van der Waals surface area contributed by atoms with E-state index in [0.29, 0.717) is 17.5 Å². The molecule has 4 aromatic heterocycles. The smallest absolute Gasteiger partial charge is 0.164 e. The highest BCUT2D eigenvalue weighted by molar-refractivity contribution is 6.32. The average molecular weight is 791 g/mol. The van der Waals surface area contributed by atoms with E-state index in [9.17, 15) is 0 Å². The van der Waals surface area contributed by atoms with Crippen molar-refractivity contribution in [2.24, 2.45) is 0 Å². The van der Waals surface area contributed by atoms with Crippen molar-refractivity contribution in [3.63, 3.8) is 0 Å². The Morgan fingerprint density at radius 1 is 0.323 bits per heavy atom. The zero-order chi connectivity index (χ0) is 40.7. The van der Waals surface area contributed by atoms with Crippen LogP contribution in [0.3, 0.4) is 0 Å². The molecule has 0 saturated heterocycles. The van der Waals surface area contributed by atoms with Crippen LogP contribution >= 0.6 is 0 Å². The second kappa shape index (κ2) is 13.5. The SMILES string of the molecule is c1ccc(-c2nc(-c3ccccc3)nc(-c3cccc(-c4ccc5cc(-n6c7cccc8ccc9c(c87)c6cc6c7ccccc7n(-c7ccccn7)c69)ccc5c4)c3)n2)cc1. The first-order valence-corrected chi connectivity index (χ1v) is 20.9. The summed E-state index contributed by atoms with van der Waals surface area (Å²) in [6, 6.07) is 70.8. The Balaban J connectivity index is 0.941. The van der Waals surface area contributed by atoms with Gasteiger partial charge in [-0.25, -0.2) is 19.9 Å². The lowest BCUT2D eigenvalue weighted by atomic mass is 9.99. The number of hydrogen-bond donors (Lipinski definition) is 0. The maximum atomic E-state index is 4.99. The van der Waals surface area contributed by atoms with Crippen LogP contribution in [0.25, 0.3) is 122 Å². The van der Waals surface area contributed by atoms with Crippen LogP contribution in [0.1, 0.15) is 0 Å². The summed E-state index contributed by atoms with van der Waals surface area (Å²) in [5.41, 5.74) is 10.9. The van der Waals surface area contributed by atoms with E-state index in [1.165, 1.54) is 59.6 Å². The number of benzene rings is 9. The zero-order valence-corrected chi connectivity index (χ0v) is 33.3. The third-order valence-electron chi connectivity index (χ3n) is 12.3. The molecule has 0 radical (unpaired) electrons. The third kappa shape index (κ3) is 5.30. The van der Waals surface area contributed by atoms with Gasteiger partial charge in [-0.3, -0.25) is 4.57 Å². The predicted octanol–water partition coefficient (Wildman–Crippen LogP) is 13.9. The molecule has 0 aliphatic rings. The topological polar surface area (TPSA) is 61.4 Å². The molecule has 9 aromatic carbocycles. The van der Waals surface area contributed by atoms with Crippen molar-refractivity contribution in [1.29, 1.82) is 0 Å². The second-order valence-corrected chi connectivity index (χ2v) is 15.9. The van der Waals surface area contributed by atoms with Crippen molar-refractivity contribution < 1.29 is 0 Å². The third-order valence-corrected chi connectivity index (χ3v) is 12.3. The van der Waals surface area contributed by atoms with E-state index in [1.54, 1.807) is 0 Å². The molecule has 0 aliphatic carbocycles. The molecule has 0 saturated carbocycles. The summed E-state index contributed by atoms with van der Waals surface area (Å²) >= 11 is 0. The van der Waals surface area contributed by atoms with Gasteiger partial charge in [0.05, 0.1) is 22.1 Å². The molecule has 13 aromatic rings. The number of rotatable bonds is 6. The minimum atomic E-state index is 0.639. The van der Waals surface area contributed by atoms with Crippen LogP contribution in [0.5, 0.6) is 0 Å². The molecule has 0 unspecified atom stereocenters. The quantitative estimate of drug-likeness (QED) is 0.157. The van der Waals surface area contributed by atoms with Gasteiger partial charge in [-0.1, -0.05) is 146 Å². The number of pyridine rings is 1. The lowest BCUT2D eigenvalue weighted by Crippen LogP contribution is -2.00. The largest absolute Gasteiger partial charge is 0.309 e. The van der Waals surface area contributed by atoms with Crippen LogP contribution in [-0.4, -0.2) is 29.1 Å².